The normalized spacial score (nSPS) is 10.3. The van der Waals surface area contributed by atoms with E-state index in [1.54, 1.807) is 30.5 Å². The lowest BCUT2D eigenvalue weighted by Crippen LogP contribution is -1.97. The molecule has 17 heavy (non-hydrogen) atoms. The van der Waals surface area contributed by atoms with Crippen molar-refractivity contribution in [3.8, 4) is 11.6 Å². The number of nitrogens with zero attached hydrogens (tertiary/aromatic N) is 1. The minimum atomic E-state index is 0.440. The molecular formula is C12H10Cl2N2O. The minimum Gasteiger partial charge on any atom is -0.439 e. The highest BCUT2D eigenvalue weighted by molar-refractivity contribution is 6.34. The van der Waals surface area contributed by atoms with Gasteiger partial charge in [0, 0.05) is 28.9 Å². The SMILES string of the molecule is NCc1ccnc(Oc2cc(Cl)cc(Cl)c2)c1. The van der Waals surface area contributed by atoms with E-state index in [0.29, 0.717) is 28.2 Å². The Morgan fingerprint density at radius 2 is 1.82 bits per heavy atom. The fraction of sp³-hybridized carbons (Fsp3) is 0.0833. The van der Waals surface area contributed by atoms with Gasteiger partial charge >= 0.3 is 0 Å². The van der Waals surface area contributed by atoms with Gasteiger partial charge in [-0.25, -0.2) is 4.98 Å². The van der Waals surface area contributed by atoms with Crippen LogP contribution in [0.1, 0.15) is 5.56 Å². The summed E-state index contributed by atoms with van der Waals surface area (Å²) in [7, 11) is 0. The monoisotopic (exact) mass is 268 g/mol. The molecule has 0 radical (unpaired) electrons. The van der Waals surface area contributed by atoms with Crippen LogP contribution in [0.4, 0.5) is 0 Å². The first-order valence-electron chi connectivity index (χ1n) is 4.96. The number of nitrogens with two attached hydrogens (primary N) is 1. The Kier molecular flexibility index (Phi) is 3.84. The van der Waals surface area contributed by atoms with E-state index in [1.165, 1.54) is 0 Å². The van der Waals surface area contributed by atoms with Gasteiger partial charge in [0.2, 0.25) is 5.88 Å². The van der Waals surface area contributed by atoms with Crippen LogP contribution in [0.5, 0.6) is 11.6 Å². The fourth-order valence-electron chi connectivity index (χ4n) is 1.34. The van der Waals surface area contributed by atoms with Crippen molar-refractivity contribution in [3.63, 3.8) is 0 Å². The second-order valence-electron chi connectivity index (χ2n) is 3.41. The Morgan fingerprint density at radius 3 is 2.47 bits per heavy atom. The largest absolute Gasteiger partial charge is 0.439 e. The molecule has 0 atom stereocenters. The van der Waals surface area contributed by atoms with Crippen LogP contribution in [0.3, 0.4) is 0 Å². The summed E-state index contributed by atoms with van der Waals surface area (Å²) in [5.41, 5.74) is 6.48. The lowest BCUT2D eigenvalue weighted by molar-refractivity contribution is 0.462. The first kappa shape index (κ1) is 12.2. The van der Waals surface area contributed by atoms with Crippen LogP contribution in [0, 0.1) is 0 Å². The Balaban J connectivity index is 2.24. The number of rotatable bonds is 3. The summed E-state index contributed by atoms with van der Waals surface area (Å²) in [4.78, 5) is 4.08. The summed E-state index contributed by atoms with van der Waals surface area (Å²) in [6.07, 6.45) is 1.64. The highest BCUT2D eigenvalue weighted by atomic mass is 35.5. The fourth-order valence-corrected chi connectivity index (χ4v) is 1.85. The Hall–Kier alpha value is -1.29. The average molecular weight is 269 g/mol. The van der Waals surface area contributed by atoms with Crippen molar-refractivity contribution in [1.82, 2.24) is 4.98 Å². The van der Waals surface area contributed by atoms with Crippen molar-refractivity contribution in [2.24, 2.45) is 5.73 Å². The molecule has 0 bridgehead atoms. The summed E-state index contributed by atoms with van der Waals surface area (Å²) in [6.45, 7) is 0.440. The van der Waals surface area contributed by atoms with E-state index in [2.05, 4.69) is 4.98 Å². The highest BCUT2D eigenvalue weighted by Crippen LogP contribution is 2.27. The summed E-state index contributed by atoms with van der Waals surface area (Å²) in [5.74, 6) is 1.01. The molecule has 2 N–H and O–H groups in total. The van der Waals surface area contributed by atoms with Gasteiger partial charge in [-0.15, -0.1) is 0 Å². The molecule has 0 spiro atoms. The molecule has 0 amide bonds. The second-order valence-corrected chi connectivity index (χ2v) is 4.29. The smallest absolute Gasteiger partial charge is 0.219 e. The van der Waals surface area contributed by atoms with Crippen molar-refractivity contribution in [2.75, 3.05) is 0 Å². The highest BCUT2D eigenvalue weighted by Gasteiger charge is 2.02. The molecule has 2 aromatic rings. The molecule has 1 aromatic heterocycles. The van der Waals surface area contributed by atoms with Crippen LogP contribution in [0.25, 0.3) is 0 Å². The summed E-state index contributed by atoms with van der Waals surface area (Å²) in [5, 5.41) is 1.03. The molecule has 0 aliphatic heterocycles. The van der Waals surface area contributed by atoms with Crippen LogP contribution in [-0.4, -0.2) is 4.98 Å². The van der Waals surface area contributed by atoms with Crippen molar-refractivity contribution in [3.05, 3.63) is 52.1 Å². The lowest BCUT2D eigenvalue weighted by Gasteiger charge is -2.06. The maximum atomic E-state index is 5.87. The summed E-state index contributed by atoms with van der Waals surface area (Å²) < 4.78 is 5.55. The molecule has 3 nitrogen and oxygen atoms in total. The van der Waals surface area contributed by atoms with E-state index in [1.807, 2.05) is 6.07 Å². The maximum Gasteiger partial charge on any atom is 0.219 e. The van der Waals surface area contributed by atoms with E-state index in [0.717, 1.165) is 5.56 Å². The Bertz CT molecular complexity index is 511. The van der Waals surface area contributed by atoms with Crippen molar-refractivity contribution in [1.29, 1.82) is 0 Å². The van der Waals surface area contributed by atoms with Gasteiger partial charge in [-0.05, 0) is 29.8 Å². The van der Waals surface area contributed by atoms with Gasteiger partial charge in [0.05, 0.1) is 0 Å². The van der Waals surface area contributed by atoms with Gasteiger partial charge in [-0.2, -0.15) is 0 Å². The molecule has 0 aliphatic carbocycles. The average Bonchev–Trinajstić information content (AvgIpc) is 2.28. The van der Waals surface area contributed by atoms with Gasteiger partial charge in [-0.3, -0.25) is 0 Å². The van der Waals surface area contributed by atoms with E-state index in [-0.39, 0.29) is 0 Å². The van der Waals surface area contributed by atoms with Crippen molar-refractivity contribution in [2.45, 2.75) is 6.54 Å². The van der Waals surface area contributed by atoms with E-state index in [4.69, 9.17) is 33.7 Å². The molecule has 5 heteroatoms. The molecule has 0 fully saturated rings. The van der Waals surface area contributed by atoms with Gasteiger partial charge in [0.1, 0.15) is 5.75 Å². The first-order valence-corrected chi connectivity index (χ1v) is 5.72. The van der Waals surface area contributed by atoms with E-state index in [9.17, 15) is 0 Å². The predicted octanol–water partition coefficient (Wildman–Crippen LogP) is 3.64. The molecule has 2 rings (SSSR count). The molecule has 0 saturated carbocycles. The predicted molar refractivity (Wildman–Crippen MR) is 68.7 cm³/mol. The first-order chi connectivity index (χ1) is 8.17. The van der Waals surface area contributed by atoms with Crippen molar-refractivity contribution < 1.29 is 4.74 Å². The number of hydrogen-bond donors (Lipinski definition) is 1. The van der Waals surface area contributed by atoms with Gasteiger partial charge in [-0.1, -0.05) is 23.2 Å². The van der Waals surface area contributed by atoms with Crippen LogP contribution >= 0.6 is 23.2 Å². The molecule has 1 heterocycles. The number of hydrogen-bond acceptors (Lipinski definition) is 3. The number of aromatic nitrogens is 1. The van der Waals surface area contributed by atoms with Crippen LogP contribution in [0.15, 0.2) is 36.5 Å². The maximum absolute atomic E-state index is 5.87. The molecule has 1 aromatic carbocycles. The zero-order valence-corrected chi connectivity index (χ0v) is 10.4. The standard InChI is InChI=1S/C12H10Cl2N2O/c13-9-4-10(14)6-11(5-9)17-12-3-8(7-15)1-2-16-12/h1-6H,7,15H2. The lowest BCUT2D eigenvalue weighted by atomic mass is 10.3. The third-order valence-electron chi connectivity index (χ3n) is 2.09. The van der Waals surface area contributed by atoms with Gasteiger partial charge in [0.15, 0.2) is 0 Å². The topological polar surface area (TPSA) is 48.1 Å². The summed E-state index contributed by atoms with van der Waals surface area (Å²) >= 11 is 11.7. The van der Waals surface area contributed by atoms with Crippen LogP contribution in [-0.2, 0) is 6.54 Å². The molecular weight excluding hydrogens is 259 g/mol. The Labute approximate surface area is 109 Å². The molecule has 0 unspecified atom stereocenters. The number of halogens is 2. The molecule has 0 saturated heterocycles. The number of benzene rings is 1. The second kappa shape index (κ2) is 5.36. The van der Waals surface area contributed by atoms with E-state index < -0.39 is 0 Å². The third kappa shape index (κ3) is 3.33. The number of pyridine rings is 1. The molecule has 88 valence electrons. The van der Waals surface area contributed by atoms with Gasteiger partial charge in [0.25, 0.3) is 0 Å². The van der Waals surface area contributed by atoms with Crippen LogP contribution < -0.4 is 10.5 Å². The minimum absolute atomic E-state index is 0.440. The zero-order chi connectivity index (χ0) is 12.3. The number of ether oxygens (including phenoxy) is 1. The summed E-state index contributed by atoms with van der Waals surface area (Å²) in [6, 6.07) is 8.58. The molecule has 0 aliphatic rings. The zero-order valence-electron chi connectivity index (χ0n) is 8.86. The van der Waals surface area contributed by atoms with E-state index >= 15 is 0 Å². The van der Waals surface area contributed by atoms with Gasteiger partial charge < -0.3 is 10.5 Å². The van der Waals surface area contributed by atoms with Crippen LogP contribution in [0.2, 0.25) is 10.0 Å². The van der Waals surface area contributed by atoms with Crippen molar-refractivity contribution >= 4 is 23.2 Å². The quantitative estimate of drug-likeness (QED) is 0.925. The third-order valence-corrected chi connectivity index (χ3v) is 2.53. The Morgan fingerprint density at radius 1 is 1.12 bits per heavy atom.